The molecule has 1 aliphatic carbocycles. The van der Waals surface area contributed by atoms with Crippen molar-refractivity contribution in [2.45, 2.75) is 37.6 Å². The number of nitrogens with two attached hydrogens (primary N) is 1. The fraction of sp³-hybridized carbons (Fsp3) is 0.500. The van der Waals surface area contributed by atoms with Gasteiger partial charge in [0.2, 0.25) is 5.91 Å². The average Bonchev–Trinajstić information content (AvgIpc) is 2.54. The van der Waals surface area contributed by atoms with Gasteiger partial charge in [-0.3, -0.25) is 9.59 Å². The van der Waals surface area contributed by atoms with Gasteiger partial charge in [-0.05, 0) is 37.1 Å². The number of ether oxygens (including phenoxy) is 1. The van der Waals surface area contributed by atoms with Crippen molar-refractivity contribution in [3.63, 3.8) is 0 Å². The normalized spacial score (nSPS) is 15.9. The monoisotopic (exact) mass is 341 g/mol. The summed E-state index contributed by atoms with van der Waals surface area (Å²) in [5.41, 5.74) is 6.11. The van der Waals surface area contributed by atoms with E-state index in [1.54, 1.807) is 31.3 Å². The number of likely N-dealkylation sites (N-methyl/N-ethyl adjacent to an activating group) is 1. The maximum Gasteiger partial charge on any atom is 0.257 e. The Bertz CT molecular complexity index is 528. The third kappa shape index (κ3) is 5.41. The highest BCUT2D eigenvalue weighted by Crippen LogP contribution is 2.27. The Hall–Kier alpha value is -1.79. The number of amides is 2. The van der Waals surface area contributed by atoms with E-state index in [1.807, 2.05) is 0 Å². The van der Waals surface area contributed by atoms with Crippen LogP contribution < -0.4 is 21.1 Å². The van der Waals surface area contributed by atoms with Crippen LogP contribution in [0.25, 0.3) is 0 Å². The second kappa shape index (κ2) is 8.74. The van der Waals surface area contributed by atoms with Gasteiger partial charge in [0.1, 0.15) is 5.75 Å². The Kier molecular flexibility index (Phi) is 7.32. The van der Waals surface area contributed by atoms with Crippen LogP contribution in [0.1, 0.15) is 32.1 Å². The molecule has 0 unspecified atom stereocenters. The van der Waals surface area contributed by atoms with Crippen LogP contribution in [-0.4, -0.2) is 31.0 Å². The minimum atomic E-state index is -0.757. The first-order chi connectivity index (χ1) is 10.5. The summed E-state index contributed by atoms with van der Waals surface area (Å²) in [5, 5.41) is 5.33. The summed E-state index contributed by atoms with van der Waals surface area (Å²) in [6.07, 6.45) is 4.59. The lowest BCUT2D eigenvalue weighted by atomic mass is 9.82. The Morgan fingerprint density at radius 2 is 1.78 bits per heavy atom. The molecule has 2 rings (SSSR count). The summed E-state index contributed by atoms with van der Waals surface area (Å²) < 4.78 is 5.31. The van der Waals surface area contributed by atoms with Gasteiger partial charge in [0, 0.05) is 12.7 Å². The van der Waals surface area contributed by atoms with Crippen LogP contribution in [0.4, 0.5) is 5.69 Å². The van der Waals surface area contributed by atoms with Gasteiger partial charge in [-0.1, -0.05) is 19.3 Å². The molecule has 1 saturated carbocycles. The molecule has 0 aliphatic heterocycles. The van der Waals surface area contributed by atoms with Crippen molar-refractivity contribution < 1.29 is 14.3 Å². The first kappa shape index (κ1) is 19.3. The molecule has 1 fully saturated rings. The summed E-state index contributed by atoms with van der Waals surface area (Å²) >= 11 is 0. The number of rotatable bonds is 5. The summed E-state index contributed by atoms with van der Waals surface area (Å²) in [6.45, 7) is -0.0336. The minimum Gasteiger partial charge on any atom is -0.484 e. The maximum absolute atomic E-state index is 12.3. The van der Waals surface area contributed by atoms with E-state index in [9.17, 15) is 9.59 Å². The van der Waals surface area contributed by atoms with E-state index >= 15 is 0 Å². The van der Waals surface area contributed by atoms with Gasteiger partial charge in [-0.2, -0.15) is 0 Å². The molecular formula is C16H24ClN3O3. The van der Waals surface area contributed by atoms with Gasteiger partial charge in [0.15, 0.2) is 6.61 Å². The van der Waals surface area contributed by atoms with E-state index < -0.39 is 5.54 Å². The second-order valence-electron chi connectivity index (χ2n) is 5.66. The van der Waals surface area contributed by atoms with E-state index in [4.69, 9.17) is 10.5 Å². The molecule has 0 radical (unpaired) electrons. The molecular weight excluding hydrogens is 318 g/mol. The molecule has 0 aromatic heterocycles. The lowest BCUT2D eigenvalue weighted by molar-refractivity contribution is -0.123. The van der Waals surface area contributed by atoms with Crippen molar-refractivity contribution in [2.24, 2.45) is 5.73 Å². The Labute approximate surface area is 142 Å². The summed E-state index contributed by atoms with van der Waals surface area (Å²) in [7, 11) is 1.55. The maximum atomic E-state index is 12.3. The zero-order chi connectivity index (χ0) is 16.0. The van der Waals surface area contributed by atoms with E-state index in [0.717, 1.165) is 32.1 Å². The quantitative estimate of drug-likeness (QED) is 0.761. The third-order valence-corrected chi connectivity index (χ3v) is 3.96. The van der Waals surface area contributed by atoms with Crippen LogP contribution >= 0.6 is 12.4 Å². The number of benzene rings is 1. The lowest BCUT2D eigenvalue weighted by Gasteiger charge is -2.31. The van der Waals surface area contributed by atoms with Gasteiger partial charge in [-0.25, -0.2) is 0 Å². The van der Waals surface area contributed by atoms with Crippen molar-refractivity contribution in [3.8, 4) is 5.75 Å². The largest absolute Gasteiger partial charge is 0.484 e. The molecule has 6 nitrogen and oxygen atoms in total. The van der Waals surface area contributed by atoms with E-state index in [-0.39, 0.29) is 30.8 Å². The highest BCUT2D eigenvalue weighted by molar-refractivity contribution is 5.98. The molecule has 0 spiro atoms. The van der Waals surface area contributed by atoms with Gasteiger partial charge < -0.3 is 21.1 Å². The first-order valence-corrected chi connectivity index (χ1v) is 7.57. The number of nitrogens with one attached hydrogen (secondary N) is 2. The highest BCUT2D eigenvalue weighted by Gasteiger charge is 2.35. The lowest BCUT2D eigenvalue weighted by Crippen LogP contribution is -2.52. The number of hydrogen-bond donors (Lipinski definition) is 3. The number of carbonyl (C=O) groups is 2. The van der Waals surface area contributed by atoms with Crippen LogP contribution in [0, 0.1) is 0 Å². The van der Waals surface area contributed by atoms with Crippen molar-refractivity contribution in [2.75, 3.05) is 19.0 Å². The molecule has 1 aliphatic rings. The fourth-order valence-corrected chi connectivity index (χ4v) is 2.52. The van der Waals surface area contributed by atoms with Crippen LogP contribution in [0.3, 0.4) is 0 Å². The Balaban J connectivity index is 0.00000264. The summed E-state index contributed by atoms with van der Waals surface area (Å²) in [4.78, 5) is 23.4. The SMILES string of the molecule is CNC(=O)COc1ccc(NC(=O)C2(N)CCCCC2)cc1.Cl. The number of hydrogen-bond acceptors (Lipinski definition) is 4. The molecule has 7 heteroatoms. The predicted octanol–water partition coefficient (Wildman–Crippen LogP) is 1.83. The van der Waals surface area contributed by atoms with E-state index in [1.165, 1.54) is 0 Å². The standard InChI is InChI=1S/C16H23N3O3.ClH/c1-18-14(20)11-22-13-7-5-12(6-8-13)19-15(21)16(17)9-3-2-4-10-16;/h5-8H,2-4,9-11,17H2,1H3,(H,18,20)(H,19,21);1H. The van der Waals surface area contributed by atoms with E-state index in [2.05, 4.69) is 10.6 Å². The molecule has 23 heavy (non-hydrogen) atoms. The minimum absolute atomic E-state index is 0. The smallest absolute Gasteiger partial charge is 0.257 e. The second-order valence-corrected chi connectivity index (χ2v) is 5.66. The molecule has 1 aromatic rings. The van der Waals surface area contributed by atoms with Crippen LogP contribution in [0.5, 0.6) is 5.75 Å². The van der Waals surface area contributed by atoms with Gasteiger partial charge >= 0.3 is 0 Å². The van der Waals surface area contributed by atoms with Gasteiger partial charge in [0.25, 0.3) is 5.91 Å². The topological polar surface area (TPSA) is 93.5 Å². The Morgan fingerprint density at radius 1 is 1.17 bits per heavy atom. The predicted molar refractivity (Wildman–Crippen MR) is 91.9 cm³/mol. The van der Waals surface area contributed by atoms with Crippen molar-refractivity contribution >= 4 is 29.9 Å². The highest BCUT2D eigenvalue weighted by atomic mass is 35.5. The molecule has 4 N–H and O–H groups in total. The van der Waals surface area contributed by atoms with Crippen LogP contribution in [-0.2, 0) is 9.59 Å². The Morgan fingerprint density at radius 3 is 2.35 bits per heavy atom. The number of halogens is 1. The fourth-order valence-electron chi connectivity index (χ4n) is 2.52. The van der Waals surface area contributed by atoms with Crippen molar-refractivity contribution in [1.29, 1.82) is 0 Å². The van der Waals surface area contributed by atoms with Crippen LogP contribution in [0.2, 0.25) is 0 Å². The van der Waals surface area contributed by atoms with E-state index in [0.29, 0.717) is 11.4 Å². The van der Waals surface area contributed by atoms with Crippen molar-refractivity contribution in [1.82, 2.24) is 5.32 Å². The zero-order valence-electron chi connectivity index (χ0n) is 13.3. The number of anilines is 1. The molecule has 0 bridgehead atoms. The zero-order valence-corrected chi connectivity index (χ0v) is 14.1. The summed E-state index contributed by atoms with van der Waals surface area (Å²) in [5.74, 6) is 0.243. The third-order valence-electron chi connectivity index (χ3n) is 3.96. The average molecular weight is 342 g/mol. The summed E-state index contributed by atoms with van der Waals surface area (Å²) in [6, 6.07) is 6.90. The van der Waals surface area contributed by atoms with Gasteiger partial charge in [0.05, 0.1) is 5.54 Å². The van der Waals surface area contributed by atoms with Gasteiger partial charge in [-0.15, -0.1) is 12.4 Å². The molecule has 0 atom stereocenters. The molecule has 0 saturated heterocycles. The number of carbonyl (C=O) groups excluding carboxylic acids is 2. The molecule has 0 heterocycles. The molecule has 128 valence electrons. The van der Waals surface area contributed by atoms with Crippen LogP contribution in [0.15, 0.2) is 24.3 Å². The molecule has 2 amide bonds. The van der Waals surface area contributed by atoms with Crippen molar-refractivity contribution in [3.05, 3.63) is 24.3 Å². The first-order valence-electron chi connectivity index (χ1n) is 7.57. The molecule has 1 aromatic carbocycles.